The first-order chi connectivity index (χ1) is 10.1. The number of anilines is 1. The first-order valence-electron chi connectivity index (χ1n) is 7.16. The standard InChI is InChI=1S/C16H24BrN3O2/c1-11(20(5)10-14(21)19-16(2,3)4)15(22)18-13-8-6-12(17)7-9-13/h6-9,11H,10H2,1-5H3,(H,18,22)(H,19,21). The highest BCUT2D eigenvalue weighted by molar-refractivity contribution is 9.10. The van der Waals surface area contributed by atoms with Crippen LogP contribution in [0.3, 0.4) is 0 Å². The largest absolute Gasteiger partial charge is 0.350 e. The summed E-state index contributed by atoms with van der Waals surface area (Å²) < 4.78 is 0.953. The van der Waals surface area contributed by atoms with Crippen LogP contribution in [0.25, 0.3) is 0 Å². The van der Waals surface area contributed by atoms with Gasteiger partial charge in [-0.15, -0.1) is 0 Å². The van der Waals surface area contributed by atoms with Crippen LogP contribution in [0.15, 0.2) is 28.7 Å². The minimum atomic E-state index is -0.408. The molecule has 6 heteroatoms. The first kappa shape index (κ1) is 18.6. The van der Waals surface area contributed by atoms with Crippen molar-refractivity contribution < 1.29 is 9.59 Å². The van der Waals surface area contributed by atoms with Gasteiger partial charge in [0, 0.05) is 15.7 Å². The van der Waals surface area contributed by atoms with Gasteiger partial charge in [0.1, 0.15) is 0 Å². The molecule has 1 unspecified atom stereocenters. The topological polar surface area (TPSA) is 61.4 Å². The Morgan fingerprint density at radius 3 is 2.27 bits per heavy atom. The van der Waals surface area contributed by atoms with Crippen LogP contribution in [0.4, 0.5) is 5.69 Å². The third-order valence-corrected chi connectivity index (χ3v) is 3.59. The van der Waals surface area contributed by atoms with Gasteiger partial charge in [0.15, 0.2) is 0 Å². The molecule has 0 saturated carbocycles. The Balaban J connectivity index is 2.54. The molecule has 2 N–H and O–H groups in total. The summed E-state index contributed by atoms with van der Waals surface area (Å²) in [7, 11) is 1.76. The van der Waals surface area contributed by atoms with Crippen molar-refractivity contribution in [2.75, 3.05) is 18.9 Å². The maximum absolute atomic E-state index is 12.2. The van der Waals surface area contributed by atoms with Gasteiger partial charge in [-0.05, 0) is 59.0 Å². The Morgan fingerprint density at radius 2 is 1.77 bits per heavy atom. The Labute approximate surface area is 140 Å². The van der Waals surface area contributed by atoms with Crippen molar-refractivity contribution in [3.8, 4) is 0 Å². The van der Waals surface area contributed by atoms with Crippen LogP contribution in [0.1, 0.15) is 27.7 Å². The fourth-order valence-electron chi connectivity index (χ4n) is 1.80. The van der Waals surface area contributed by atoms with Gasteiger partial charge in [-0.3, -0.25) is 14.5 Å². The Bertz CT molecular complexity index is 523. The summed E-state index contributed by atoms with van der Waals surface area (Å²) in [5, 5.41) is 5.72. The summed E-state index contributed by atoms with van der Waals surface area (Å²) in [5.74, 6) is -0.244. The second kappa shape index (κ2) is 7.74. The minimum Gasteiger partial charge on any atom is -0.350 e. The summed E-state index contributed by atoms with van der Waals surface area (Å²) in [5.41, 5.74) is 0.452. The van der Waals surface area contributed by atoms with Crippen LogP contribution >= 0.6 is 15.9 Å². The molecule has 0 heterocycles. The number of likely N-dealkylation sites (N-methyl/N-ethyl adjacent to an activating group) is 1. The van der Waals surface area contributed by atoms with E-state index in [2.05, 4.69) is 26.6 Å². The van der Waals surface area contributed by atoms with Gasteiger partial charge in [-0.25, -0.2) is 0 Å². The Kier molecular flexibility index (Phi) is 6.56. The van der Waals surface area contributed by atoms with Crippen molar-refractivity contribution in [2.24, 2.45) is 0 Å². The van der Waals surface area contributed by atoms with E-state index in [0.717, 1.165) is 10.2 Å². The number of carbonyl (C=O) groups is 2. The predicted octanol–water partition coefficient (Wildman–Crippen LogP) is 2.62. The van der Waals surface area contributed by atoms with Crippen LogP contribution in [-0.4, -0.2) is 41.9 Å². The molecule has 5 nitrogen and oxygen atoms in total. The highest BCUT2D eigenvalue weighted by Gasteiger charge is 2.22. The van der Waals surface area contributed by atoms with Gasteiger partial charge in [-0.2, -0.15) is 0 Å². The van der Waals surface area contributed by atoms with E-state index in [0.29, 0.717) is 0 Å². The molecular weight excluding hydrogens is 346 g/mol. The molecule has 0 bridgehead atoms. The van der Waals surface area contributed by atoms with Gasteiger partial charge >= 0.3 is 0 Å². The molecule has 1 rings (SSSR count). The Morgan fingerprint density at radius 1 is 1.23 bits per heavy atom. The number of hydrogen-bond donors (Lipinski definition) is 2. The number of rotatable bonds is 5. The quantitative estimate of drug-likeness (QED) is 0.838. The number of nitrogens with one attached hydrogen (secondary N) is 2. The third kappa shape index (κ3) is 6.58. The summed E-state index contributed by atoms with van der Waals surface area (Å²) in [4.78, 5) is 25.8. The molecule has 0 radical (unpaired) electrons. The zero-order valence-electron chi connectivity index (χ0n) is 13.7. The molecule has 1 atom stereocenters. The van der Waals surface area contributed by atoms with E-state index in [9.17, 15) is 9.59 Å². The monoisotopic (exact) mass is 369 g/mol. The molecule has 122 valence electrons. The molecule has 1 aromatic carbocycles. The lowest BCUT2D eigenvalue weighted by molar-refractivity contribution is -0.125. The molecular formula is C16H24BrN3O2. The van der Waals surface area contributed by atoms with E-state index in [1.165, 1.54) is 0 Å². The van der Waals surface area contributed by atoms with Crippen LogP contribution in [-0.2, 0) is 9.59 Å². The summed E-state index contributed by atoms with van der Waals surface area (Å²) in [6.07, 6.45) is 0. The zero-order valence-corrected chi connectivity index (χ0v) is 15.3. The highest BCUT2D eigenvalue weighted by Crippen LogP contribution is 2.14. The summed E-state index contributed by atoms with van der Waals surface area (Å²) in [6, 6.07) is 6.96. The number of halogens is 1. The smallest absolute Gasteiger partial charge is 0.241 e. The van der Waals surface area contributed by atoms with Crippen molar-refractivity contribution in [3.63, 3.8) is 0 Å². The van der Waals surface area contributed by atoms with E-state index in [4.69, 9.17) is 0 Å². The van der Waals surface area contributed by atoms with Gasteiger partial charge in [0.2, 0.25) is 11.8 Å². The molecule has 0 aliphatic carbocycles. The molecule has 1 aromatic rings. The molecule has 0 spiro atoms. The zero-order chi connectivity index (χ0) is 16.9. The molecule has 0 aliphatic heterocycles. The molecule has 2 amide bonds. The number of benzene rings is 1. The number of carbonyl (C=O) groups excluding carboxylic acids is 2. The van der Waals surface area contributed by atoms with E-state index < -0.39 is 6.04 Å². The van der Waals surface area contributed by atoms with Crippen molar-refractivity contribution in [1.82, 2.24) is 10.2 Å². The SMILES string of the molecule is CC(C(=O)Nc1ccc(Br)cc1)N(C)CC(=O)NC(C)(C)C. The van der Waals surface area contributed by atoms with E-state index >= 15 is 0 Å². The normalized spacial score (nSPS) is 12.9. The third-order valence-electron chi connectivity index (χ3n) is 3.06. The second-order valence-corrected chi connectivity index (χ2v) is 7.30. The van der Waals surface area contributed by atoms with Crippen molar-refractivity contribution in [1.29, 1.82) is 0 Å². The van der Waals surface area contributed by atoms with Gasteiger partial charge in [-0.1, -0.05) is 15.9 Å². The molecule has 0 aromatic heterocycles. The predicted molar refractivity (Wildman–Crippen MR) is 92.8 cm³/mol. The van der Waals surface area contributed by atoms with E-state index in [1.54, 1.807) is 18.9 Å². The summed E-state index contributed by atoms with van der Waals surface area (Å²) in [6.45, 7) is 7.72. The maximum atomic E-state index is 12.2. The second-order valence-electron chi connectivity index (χ2n) is 6.39. The van der Waals surface area contributed by atoms with Crippen molar-refractivity contribution in [3.05, 3.63) is 28.7 Å². The Hall–Kier alpha value is -1.40. The van der Waals surface area contributed by atoms with Gasteiger partial charge < -0.3 is 10.6 Å². The average molecular weight is 370 g/mol. The highest BCUT2D eigenvalue weighted by atomic mass is 79.9. The molecule has 22 heavy (non-hydrogen) atoms. The minimum absolute atomic E-state index is 0.0988. The van der Waals surface area contributed by atoms with Crippen molar-refractivity contribution in [2.45, 2.75) is 39.3 Å². The van der Waals surface area contributed by atoms with Crippen LogP contribution < -0.4 is 10.6 Å². The lowest BCUT2D eigenvalue weighted by Gasteiger charge is -2.26. The first-order valence-corrected chi connectivity index (χ1v) is 7.95. The summed E-state index contributed by atoms with van der Waals surface area (Å²) >= 11 is 3.35. The lowest BCUT2D eigenvalue weighted by atomic mass is 10.1. The lowest BCUT2D eigenvalue weighted by Crippen LogP contribution is -2.49. The van der Waals surface area contributed by atoms with E-state index in [1.807, 2.05) is 45.0 Å². The number of nitrogens with zero attached hydrogens (tertiary/aromatic N) is 1. The molecule has 0 aliphatic rings. The number of hydrogen-bond acceptors (Lipinski definition) is 3. The van der Waals surface area contributed by atoms with Crippen LogP contribution in [0, 0.1) is 0 Å². The van der Waals surface area contributed by atoms with Crippen LogP contribution in [0.5, 0.6) is 0 Å². The van der Waals surface area contributed by atoms with Crippen molar-refractivity contribution >= 4 is 33.4 Å². The van der Waals surface area contributed by atoms with Crippen LogP contribution in [0.2, 0.25) is 0 Å². The average Bonchev–Trinajstić information content (AvgIpc) is 2.38. The van der Waals surface area contributed by atoms with Gasteiger partial charge in [0.25, 0.3) is 0 Å². The fourth-order valence-corrected chi connectivity index (χ4v) is 2.07. The maximum Gasteiger partial charge on any atom is 0.241 e. The molecule has 0 saturated heterocycles. The number of amides is 2. The fraction of sp³-hybridized carbons (Fsp3) is 0.500. The van der Waals surface area contributed by atoms with Gasteiger partial charge in [0.05, 0.1) is 12.6 Å². The molecule has 0 fully saturated rings. The van der Waals surface area contributed by atoms with E-state index in [-0.39, 0.29) is 23.9 Å².